The van der Waals surface area contributed by atoms with Crippen molar-refractivity contribution in [2.24, 2.45) is 5.73 Å². The highest BCUT2D eigenvalue weighted by Gasteiger charge is 2.25. The number of carbonyl (C=O) groups excluding carboxylic acids is 6. The third-order valence-corrected chi connectivity index (χ3v) is 11.8. The van der Waals surface area contributed by atoms with Crippen molar-refractivity contribution < 1.29 is 66.7 Å². The summed E-state index contributed by atoms with van der Waals surface area (Å²) in [5.41, 5.74) is 10.4. The first-order valence-corrected chi connectivity index (χ1v) is 27.8. The number of hydrogen-bond donors (Lipinski definition) is 6. The number of amides is 6. The third kappa shape index (κ3) is 29.2. The minimum atomic E-state index is -1.17. The molecule has 0 saturated heterocycles. The van der Waals surface area contributed by atoms with Gasteiger partial charge in [0.15, 0.2) is 0 Å². The molecule has 0 spiro atoms. The van der Waals surface area contributed by atoms with Crippen LogP contribution in [-0.2, 0) is 29.0 Å². The maximum atomic E-state index is 14.0. The molecule has 0 radical (unpaired) electrons. The second-order valence-corrected chi connectivity index (χ2v) is 20.0. The van der Waals surface area contributed by atoms with E-state index in [1.165, 1.54) is 53.2 Å². The molecule has 6 aromatic carbocycles. The van der Waals surface area contributed by atoms with Gasteiger partial charge in [-0.15, -0.1) is 0 Å². The summed E-state index contributed by atoms with van der Waals surface area (Å²) < 4.78 is 47.0. The average molecular weight is 1230 g/mol. The number of methoxy groups -OCH3 is 2. The molecule has 0 heterocycles. The van der Waals surface area contributed by atoms with Crippen molar-refractivity contribution in [2.75, 3.05) is 81.5 Å². The van der Waals surface area contributed by atoms with E-state index in [0.29, 0.717) is 65.6 Å². The molecule has 476 valence electrons. The standard InChI is InChI=1S/C35H44F2N4O5.C10H10N2O2.C9H12N2O2.C7H5NO.C4H9NO2/c1-6-11-41(12-7-2)34(44)27-14-23(3)13-26(19-27)33(43)39-31(18-25-15-28(36)20-29(37)16-25)32(42)22-38-21-24-9-8-10-30(17-24)46-35(45)40(4)5;1-12(2)10(13)14-9-5-3-4-8(6-9)7-11;1-13-9(12)11-8-4-2-3-7(5-8)6-10;8-5-6-2-1-3-7(9)4-6;1-5(2)4(6)7-3/h8-10,13-17,19-20,31-32,38,42H,6-7,11-12,18,21-22H2,1-5H3,(H,39,43);3-6H,1-2H3;2-5H,6,10H2,1H3,(H,11,12);1-4,9H;1-3H3/t31-,32+;;;;/m0..../s1. The number of rotatable bonds is 18. The first-order chi connectivity index (χ1) is 42.3. The molecule has 6 amide bonds. The zero-order valence-electron chi connectivity index (χ0n) is 52.0. The van der Waals surface area contributed by atoms with Gasteiger partial charge in [0.25, 0.3) is 11.8 Å². The first-order valence-electron chi connectivity index (χ1n) is 27.8. The molecule has 89 heavy (non-hydrogen) atoms. The lowest BCUT2D eigenvalue weighted by Crippen LogP contribution is -2.48. The fourth-order valence-electron chi connectivity index (χ4n) is 7.53. The molecule has 2 atom stereocenters. The molecule has 7 N–H and O–H groups in total. The van der Waals surface area contributed by atoms with Gasteiger partial charge < -0.3 is 65.1 Å². The monoisotopic (exact) mass is 1230 g/mol. The van der Waals surface area contributed by atoms with Gasteiger partial charge in [0.2, 0.25) is 0 Å². The van der Waals surface area contributed by atoms with Crippen LogP contribution in [0, 0.1) is 41.2 Å². The number of aryl methyl sites for hydroxylation is 1. The molecule has 24 heteroatoms. The molecule has 0 bridgehead atoms. The number of nitriles is 2. The number of anilines is 1. The summed E-state index contributed by atoms with van der Waals surface area (Å²) in [5.74, 6) is -1.37. The van der Waals surface area contributed by atoms with Crippen LogP contribution in [0.25, 0.3) is 0 Å². The molecular weight excluding hydrogens is 1150 g/mol. The van der Waals surface area contributed by atoms with Crippen molar-refractivity contribution in [3.63, 3.8) is 0 Å². The Morgan fingerprint density at radius 1 is 0.629 bits per heavy atom. The van der Waals surface area contributed by atoms with Crippen molar-refractivity contribution in [1.82, 2.24) is 30.2 Å². The van der Waals surface area contributed by atoms with Gasteiger partial charge in [-0.3, -0.25) is 14.9 Å². The minimum Gasteiger partial charge on any atom is -0.508 e. The first kappa shape index (κ1) is 75.0. The Balaban J connectivity index is 0.000000498. The van der Waals surface area contributed by atoms with Crippen LogP contribution in [0.2, 0.25) is 0 Å². The molecule has 0 aliphatic heterocycles. The van der Waals surface area contributed by atoms with E-state index in [1.54, 1.807) is 127 Å². The van der Waals surface area contributed by atoms with E-state index < -0.39 is 48.0 Å². The summed E-state index contributed by atoms with van der Waals surface area (Å²) in [4.78, 5) is 76.6. The van der Waals surface area contributed by atoms with Crippen molar-refractivity contribution >= 4 is 41.9 Å². The smallest absolute Gasteiger partial charge is 0.414 e. The molecular formula is C65H80F2N10O12. The maximum Gasteiger partial charge on any atom is 0.414 e. The van der Waals surface area contributed by atoms with E-state index >= 15 is 0 Å². The van der Waals surface area contributed by atoms with Crippen molar-refractivity contribution in [3.8, 4) is 29.4 Å². The van der Waals surface area contributed by atoms with Gasteiger partial charge in [0.05, 0.1) is 49.6 Å². The molecule has 0 aromatic heterocycles. The Morgan fingerprint density at radius 3 is 1.66 bits per heavy atom. The number of nitrogens with zero attached hydrogens (tertiary/aromatic N) is 6. The zero-order chi connectivity index (χ0) is 66.6. The van der Waals surface area contributed by atoms with Crippen LogP contribution in [0.1, 0.15) is 80.8 Å². The van der Waals surface area contributed by atoms with Gasteiger partial charge in [-0.1, -0.05) is 50.2 Å². The fraction of sp³-hybridized carbons (Fsp3) is 0.323. The van der Waals surface area contributed by atoms with E-state index in [2.05, 4.69) is 25.4 Å². The number of hydrogen-bond acceptors (Lipinski definition) is 16. The van der Waals surface area contributed by atoms with Crippen LogP contribution in [0.5, 0.6) is 17.2 Å². The van der Waals surface area contributed by atoms with Gasteiger partial charge >= 0.3 is 24.4 Å². The Morgan fingerprint density at radius 2 is 1.16 bits per heavy atom. The molecule has 0 unspecified atom stereocenters. The Kier molecular flexibility index (Phi) is 33.9. The molecule has 0 saturated carbocycles. The second-order valence-electron chi connectivity index (χ2n) is 20.0. The molecule has 0 fully saturated rings. The zero-order valence-corrected chi connectivity index (χ0v) is 52.0. The average Bonchev–Trinajstić information content (AvgIpc) is 1.84. The van der Waals surface area contributed by atoms with Gasteiger partial charge in [-0.05, 0) is 139 Å². The van der Waals surface area contributed by atoms with Crippen molar-refractivity contribution in [3.05, 3.63) is 190 Å². The number of phenols is 1. The van der Waals surface area contributed by atoms with Crippen molar-refractivity contribution in [1.29, 1.82) is 10.5 Å². The predicted octanol–water partition coefficient (Wildman–Crippen LogP) is 9.61. The SMILES string of the molecule is CCCN(CCC)C(=O)c1cc(C)cc(C(=O)N[C@@H](Cc2cc(F)cc(F)c2)[C@H](O)CNCc2cccc(OC(=O)N(C)C)c2)c1.CN(C)C(=O)Oc1cccc(C#N)c1.COC(=O)N(C)C.COC(=O)Nc1cccc(CN)c1.N#Cc1cccc(O)c1. The van der Waals surface area contributed by atoms with Crippen LogP contribution in [0.3, 0.4) is 0 Å². The quantitative estimate of drug-likeness (QED) is 0.0466. The Bertz CT molecular complexity index is 3310. The van der Waals surface area contributed by atoms with E-state index in [4.69, 9.17) is 30.8 Å². The fourth-order valence-corrected chi connectivity index (χ4v) is 7.53. The predicted molar refractivity (Wildman–Crippen MR) is 333 cm³/mol. The number of nitrogens with one attached hydrogen (secondary N) is 3. The molecule has 22 nitrogen and oxygen atoms in total. The summed E-state index contributed by atoms with van der Waals surface area (Å²) in [6.45, 7) is 7.75. The van der Waals surface area contributed by atoms with Gasteiger partial charge in [-0.2, -0.15) is 10.5 Å². The number of phenolic OH excluding ortho intramolecular Hbond substituents is 1. The van der Waals surface area contributed by atoms with E-state index in [0.717, 1.165) is 42.2 Å². The van der Waals surface area contributed by atoms with Gasteiger partial charge in [-0.25, -0.2) is 28.0 Å². The van der Waals surface area contributed by atoms with Gasteiger partial charge in [0, 0.05) is 97.9 Å². The number of carbonyl (C=O) groups is 6. The van der Waals surface area contributed by atoms with Crippen LogP contribution >= 0.6 is 0 Å². The number of benzene rings is 6. The highest BCUT2D eigenvalue weighted by molar-refractivity contribution is 6.00. The largest absolute Gasteiger partial charge is 0.508 e. The van der Waals surface area contributed by atoms with Crippen LogP contribution < -0.4 is 31.2 Å². The van der Waals surface area contributed by atoms with E-state index in [9.17, 15) is 42.7 Å². The van der Waals surface area contributed by atoms with Crippen molar-refractivity contribution in [2.45, 2.75) is 65.3 Å². The molecule has 0 aliphatic carbocycles. The number of ether oxygens (including phenoxy) is 4. The lowest BCUT2D eigenvalue weighted by molar-refractivity contribution is 0.0755. The summed E-state index contributed by atoms with van der Waals surface area (Å²) in [7, 11) is 12.3. The minimum absolute atomic E-state index is 0.0189. The van der Waals surface area contributed by atoms with Crippen LogP contribution in [-0.4, -0.2) is 154 Å². The van der Waals surface area contributed by atoms with E-state index in [-0.39, 0.29) is 41.8 Å². The maximum absolute atomic E-state index is 14.0. The number of aromatic hydroxyl groups is 1. The summed E-state index contributed by atoms with van der Waals surface area (Å²) in [6, 6.07) is 37.8. The lowest BCUT2D eigenvalue weighted by atomic mass is 9.99. The Labute approximate surface area is 518 Å². The molecule has 0 aliphatic rings. The summed E-state index contributed by atoms with van der Waals surface area (Å²) >= 11 is 0. The highest BCUT2D eigenvalue weighted by atomic mass is 19.1. The number of nitrogens with two attached hydrogens (primary N) is 1. The third-order valence-electron chi connectivity index (χ3n) is 11.8. The molecule has 6 aromatic rings. The topological polar surface area (TPSA) is 302 Å². The highest BCUT2D eigenvalue weighted by Crippen LogP contribution is 2.19. The normalized spacial score (nSPS) is 10.6. The summed E-state index contributed by atoms with van der Waals surface area (Å²) in [6.07, 6.45) is -1.40. The van der Waals surface area contributed by atoms with Crippen LogP contribution in [0.15, 0.2) is 133 Å². The number of aliphatic hydroxyl groups excluding tert-OH is 1. The number of halogens is 2. The second kappa shape index (κ2) is 40.3. The Hall–Kier alpha value is -10.1. The lowest BCUT2D eigenvalue weighted by Gasteiger charge is -2.25. The molecule has 6 rings (SSSR count). The van der Waals surface area contributed by atoms with E-state index in [1.807, 2.05) is 44.2 Å². The van der Waals surface area contributed by atoms with Gasteiger partial charge in [0.1, 0.15) is 28.9 Å². The van der Waals surface area contributed by atoms with Crippen LogP contribution in [0.4, 0.5) is 33.6 Å². The number of aliphatic hydroxyl groups is 1. The summed E-state index contributed by atoms with van der Waals surface area (Å²) in [5, 5.41) is 45.4.